The van der Waals surface area contributed by atoms with Gasteiger partial charge in [0.05, 0.1) is 0 Å². The van der Waals surface area contributed by atoms with Gasteiger partial charge in [-0.15, -0.1) is 0 Å². The second-order valence-corrected chi connectivity index (χ2v) is 3.39. The lowest BCUT2D eigenvalue weighted by Gasteiger charge is -2.19. The molecule has 0 spiro atoms. The third kappa shape index (κ3) is 2.62. The highest BCUT2D eigenvalue weighted by molar-refractivity contribution is 5.93. The number of rotatable bonds is 5. The topological polar surface area (TPSA) is 62.5 Å². The molecule has 0 saturated heterocycles. The average molecular weight is 224 g/mol. The Morgan fingerprint density at radius 1 is 1.38 bits per heavy atom. The molecule has 0 aliphatic heterocycles. The number of hydrogen-bond donors (Lipinski definition) is 1. The maximum absolute atomic E-state index is 12.0. The predicted octanol–water partition coefficient (Wildman–Crippen LogP) is 1.05. The molecule has 0 unspecified atom stereocenters. The van der Waals surface area contributed by atoms with Crippen molar-refractivity contribution in [3.05, 3.63) is 24.0 Å². The maximum Gasteiger partial charge on any atom is 0.323 e. The summed E-state index contributed by atoms with van der Waals surface area (Å²) in [5.41, 5.74) is 0.422. The van der Waals surface area contributed by atoms with Crippen molar-refractivity contribution in [2.75, 3.05) is 13.1 Å². The summed E-state index contributed by atoms with van der Waals surface area (Å²) in [7, 11) is 0. The van der Waals surface area contributed by atoms with Crippen LogP contribution in [0.4, 0.5) is 0 Å². The number of carbonyl (C=O) groups is 2. The normalized spacial score (nSPS) is 10.1. The second kappa shape index (κ2) is 5.34. The zero-order chi connectivity index (χ0) is 12.1. The zero-order valence-electron chi connectivity index (χ0n) is 9.51. The van der Waals surface area contributed by atoms with Crippen molar-refractivity contribution < 1.29 is 14.7 Å². The fourth-order valence-electron chi connectivity index (χ4n) is 1.56. The van der Waals surface area contributed by atoms with Crippen LogP contribution in [0.15, 0.2) is 18.3 Å². The lowest BCUT2D eigenvalue weighted by Crippen LogP contribution is -2.32. The molecule has 0 aromatic carbocycles. The van der Waals surface area contributed by atoms with Gasteiger partial charge >= 0.3 is 5.97 Å². The largest absolute Gasteiger partial charge is 0.480 e. The molecule has 1 aromatic heterocycles. The van der Waals surface area contributed by atoms with Gasteiger partial charge in [-0.1, -0.05) is 0 Å². The summed E-state index contributed by atoms with van der Waals surface area (Å²) in [6.45, 7) is 4.84. The van der Waals surface area contributed by atoms with Crippen LogP contribution in [-0.2, 0) is 11.3 Å². The minimum atomic E-state index is -0.954. The third-order valence-electron chi connectivity index (χ3n) is 2.40. The summed E-state index contributed by atoms with van der Waals surface area (Å²) in [6, 6.07) is 3.32. The Morgan fingerprint density at radius 3 is 2.50 bits per heavy atom. The standard InChI is InChI=1S/C11H16N2O3/c1-3-12(4-2)11(16)9-6-5-7-13(9)8-10(14)15/h5-7H,3-4,8H2,1-2H3,(H,14,15). The van der Waals surface area contributed by atoms with E-state index in [1.165, 1.54) is 4.57 Å². The van der Waals surface area contributed by atoms with Crippen LogP contribution < -0.4 is 0 Å². The first kappa shape index (κ1) is 12.3. The molecule has 0 aliphatic rings. The predicted molar refractivity (Wildman–Crippen MR) is 59.3 cm³/mol. The highest BCUT2D eigenvalue weighted by atomic mass is 16.4. The summed E-state index contributed by atoms with van der Waals surface area (Å²) >= 11 is 0. The van der Waals surface area contributed by atoms with E-state index in [0.717, 1.165) is 0 Å². The molecule has 88 valence electrons. The minimum Gasteiger partial charge on any atom is -0.480 e. The van der Waals surface area contributed by atoms with Gasteiger partial charge in [-0.25, -0.2) is 0 Å². The average Bonchev–Trinajstić information content (AvgIpc) is 2.66. The molecule has 1 N–H and O–H groups in total. The van der Waals surface area contributed by atoms with Gasteiger partial charge in [-0.2, -0.15) is 0 Å². The first-order chi connectivity index (χ1) is 7.60. The number of aromatic nitrogens is 1. The van der Waals surface area contributed by atoms with Gasteiger partial charge < -0.3 is 14.6 Å². The van der Waals surface area contributed by atoms with Crippen LogP contribution in [0.3, 0.4) is 0 Å². The van der Waals surface area contributed by atoms with E-state index in [9.17, 15) is 9.59 Å². The number of carboxylic acids is 1. The van der Waals surface area contributed by atoms with Gasteiger partial charge in [0.25, 0.3) is 5.91 Å². The van der Waals surface area contributed by atoms with Gasteiger partial charge in [0.1, 0.15) is 12.2 Å². The first-order valence-electron chi connectivity index (χ1n) is 5.26. The fourth-order valence-corrected chi connectivity index (χ4v) is 1.56. The number of aliphatic carboxylic acids is 1. The van der Waals surface area contributed by atoms with E-state index in [4.69, 9.17) is 5.11 Å². The summed E-state index contributed by atoms with van der Waals surface area (Å²) < 4.78 is 1.45. The van der Waals surface area contributed by atoms with Crippen molar-refractivity contribution in [2.24, 2.45) is 0 Å². The Kier molecular flexibility index (Phi) is 4.10. The van der Waals surface area contributed by atoms with E-state index in [2.05, 4.69) is 0 Å². The van der Waals surface area contributed by atoms with Gasteiger partial charge in [-0.3, -0.25) is 9.59 Å². The molecule has 0 bridgehead atoms. The molecule has 1 aromatic rings. The van der Waals surface area contributed by atoms with E-state index < -0.39 is 5.97 Å². The molecular formula is C11H16N2O3. The molecule has 0 aliphatic carbocycles. The highest BCUT2D eigenvalue weighted by Crippen LogP contribution is 2.06. The molecule has 16 heavy (non-hydrogen) atoms. The Bertz CT molecular complexity index is 380. The van der Waals surface area contributed by atoms with Crippen molar-refractivity contribution in [2.45, 2.75) is 20.4 Å². The van der Waals surface area contributed by atoms with Gasteiger partial charge in [0.2, 0.25) is 0 Å². The quantitative estimate of drug-likeness (QED) is 0.813. The van der Waals surface area contributed by atoms with Crippen molar-refractivity contribution in [1.82, 2.24) is 9.47 Å². The van der Waals surface area contributed by atoms with Crippen molar-refractivity contribution >= 4 is 11.9 Å². The number of carboxylic acid groups (broad SMARTS) is 1. The monoisotopic (exact) mass is 224 g/mol. The number of nitrogens with zero attached hydrogens (tertiary/aromatic N) is 2. The van der Waals surface area contributed by atoms with E-state index in [1.54, 1.807) is 23.2 Å². The highest BCUT2D eigenvalue weighted by Gasteiger charge is 2.16. The molecule has 1 heterocycles. The zero-order valence-corrected chi connectivity index (χ0v) is 9.51. The van der Waals surface area contributed by atoms with Crippen LogP contribution in [-0.4, -0.2) is 39.5 Å². The molecule has 1 amide bonds. The molecule has 5 heteroatoms. The number of carbonyl (C=O) groups excluding carboxylic acids is 1. The molecular weight excluding hydrogens is 208 g/mol. The van der Waals surface area contributed by atoms with E-state index in [0.29, 0.717) is 18.8 Å². The van der Waals surface area contributed by atoms with Crippen LogP contribution in [0.2, 0.25) is 0 Å². The second-order valence-electron chi connectivity index (χ2n) is 3.39. The van der Waals surface area contributed by atoms with Crippen LogP contribution in [0.5, 0.6) is 0 Å². The van der Waals surface area contributed by atoms with Crippen molar-refractivity contribution in [1.29, 1.82) is 0 Å². The Labute approximate surface area is 94.3 Å². The van der Waals surface area contributed by atoms with Crippen LogP contribution >= 0.6 is 0 Å². The lowest BCUT2D eigenvalue weighted by molar-refractivity contribution is -0.137. The summed E-state index contributed by atoms with van der Waals surface area (Å²) in [5, 5.41) is 8.70. The van der Waals surface area contributed by atoms with Crippen molar-refractivity contribution in [3.8, 4) is 0 Å². The third-order valence-corrected chi connectivity index (χ3v) is 2.40. The van der Waals surface area contributed by atoms with E-state index in [-0.39, 0.29) is 12.5 Å². The van der Waals surface area contributed by atoms with Gasteiger partial charge in [0, 0.05) is 19.3 Å². The minimum absolute atomic E-state index is 0.128. The van der Waals surface area contributed by atoms with E-state index >= 15 is 0 Å². The smallest absolute Gasteiger partial charge is 0.323 e. The number of amides is 1. The lowest BCUT2D eigenvalue weighted by atomic mass is 10.3. The van der Waals surface area contributed by atoms with Crippen LogP contribution in [0.25, 0.3) is 0 Å². The Hall–Kier alpha value is -1.78. The molecule has 0 radical (unpaired) electrons. The van der Waals surface area contributed by atoms with Crippen molar-refractivity contribution in [3.63, 3.8) is 0 Å². The molecule has 5 nitrogen and oxygen atoms in total. The SMILES string of the molecule is CCN(CC)C(=O)c1cccn1CC(=O)O. The Balaban J connectivity index is 2.90. The van der Waals surface area contributed by atoms with E-state index in [1.807, 2.05) is 13.8 Å². The fraction of sp³-hybridized carbons (Fsp3) is 0.455. The molecule has 0 saturated carbocycles. The Morgan fingerprint density at radius 2 is 2.00 bits per heavy atom. The van der Waals surface area contributed by atoms with Gasteiger partial charge in [0.15, 0.2) is 0 Å². The summed E-state index contributed by atoms with van der Waals surface area (Å²) in [4.78, 5) is 24.2. The summed E-state index contributed by atoms with van der Waals surface area (Å²) in [5.74, 6) is -1.08. The van der Waals surface area contributed by atoms with Crippen LogP contribution in [0, 0.1) is 0 Å². The van der Waals surface area contributed by atoms with Gasteiger partial charge in [-0.05, 0) is 26.0 Å². The molecule has 0 fully saturated rings. The first-order valence-corrected chi connectivity index (χ1v) is 5.26. The molecule has 0 atom stereocenters. The number of hydrogen-bond acceptors (Lipinski definition) is 2. The summed E-state index contributed by atoms with van der Waals surface area (Å²) in [6.07, 6.45) is 1.60. The van der Waals surface area contributed by atoms with Crippen LogP contribution in [0.1, 0.15) is 24.3 Å². The maximum atomic E-state index is 12.0. The molecule has 1 rings (SSSR count).